The zero-order valence-corrected chi connectivity index (χ0v) is 18.9. The number of imidazole rings is 1. The number of aliphatic hydroxyl groups is 1. The Bertz CT molecular complexity index is 1570. The van der Waals surface area contributed by atoms with Gasteiger partial charge < -0.3 is 15.4 Å². The summed E-state index contributed by atoms with van der Waals surface area (Å²) in [6, 6.07) is 16.1. The number of nitrogens with one attached hydrogen (secondary N) is 2. The summed E-state index contributed by atoms with van der Waals surface area (Å²) in [5.41, 5.74) is 0.134. The first-order valence-corrected chi connectivity index (χ1v) is 11.5. The Balaban J connectivity index is 1.52. The smallest absolute Gasteiger partial charge is 0.261 e. The molecule has 3 heterocycles. The van der Waals surface area contributed by atoms with Crippen molar-refractivity contribution in [3.63, 3.8) is 0 Å². The van der Waals surface area contributed by atoms with Crippen molar-refractivity contribution < 1.29 is 14.3 Å². The van der Waals surface area contributed by atoms with Crippen molar-refractivity contribution in [2.24, 2.45) is 0 Å². The van der Waals surface area contributed by atoms with E-state index in [-0.39, 0.29) is 16.3 Å². The predicted octanol–water partition coefficient (Wildman–Crippen LogP) is 5.41. The number of halogens is 2. The Hall–Kier alpha value is -3.79. The summed E-state index contributed by atoms with van der Waals surface area (Å²) in [5.74, 6) is -0.846. The van der Waals surface area contributed by atoms with Crippen molar-refractivity contribution in [2.45, 2.75) is 5.72 Å². The lowest BCUT2D eigenvalue weighted by molar-refractivity contribution is 0.0699. The molecule has 5 aromatic rings. The molecular weight excluding hydrogens is 477 g/mol. The molecule has 1 aliphatic heterocycles. The molecule has 2 aromatic heterocycles. The predicted molar refractivity (Wildman–Crippen MR) is 129 cm³/mol. The number of H-pyrrole nitrogens is 1. The molecule has 1 atom stereocenters. The molecule has 0 bridgehead atoms. The first-order chi connectivity index (χ1) is 16.5. The zero-order valence-electron chi connectivity index (χ0n) is 17.3. The van der Waals surface area contributed by atoms with E-state index in [4.69, 9.17) is 11.6 Å². The molecule has 1 amide bonds. The van der Waals surface area contributed by atoms with E-state index in [0.29, 0.717) is 33.2 Å². The molecule has 1 aliphatic rings. The summed E-state index contributed by atoms with van der Waals surface area (Å²) in [6.07, 6.45) is 1.68. The number of rotatable bonds is 4. The first-order valence-electron chi connectivity index (χ1n) is 10.2. The Labute approximate surface area is 201 Å². The Kier molecular flexibility index (Phi) is 4.66. The van der Waals surface area contributed by atoms with Crippen molar-refractivity contribution in [3.8, 4) is 0 Å². The second-order valence-electron chi connectivity index (χ2n) is 7.71. The van der Waals surface area contributed by atoms with Crippen LogP contribution >= 0.6 is 22.9 Å². The second-order valence-corrected chi connectivity index (χ2v) is 9.01. The molecule has 7 nitrogen and oxygen atoms in total. The highest BCUT2D eigenvalue weighted by molar-refractivity contribution is 7.13. The third-order valence-corrected chi connectivity index (χ3v) is 6.76. The van der Waals surface area contributed by atoms with Gasteiger partial charge in [-0.25, -0.2) is 14.4 Å². The maximum atomic E-state index is 15.1. The molecule has 3 aromatic carbocycles. The van der Waals surface area contributed by atoms with E-state index in [0.717, 1.165) is 4.90 Å². The van der Waals surface area contributed by atoms with Gasteiger partial charge in [-0.15, -0.1) is 11.3 Å². The Morgan fingerprint density at radius 2 is 2.00 bits per heavy atom. The molecule has 3 N–H and O–H groups in total. The molecule has 0 spiro atoms. The molecular formula is C24H15ClFN5O2S. The fourth-order valence-corrected chi connectivity index (χ4v) is 4.96. The van der Waals surface area contributed by atoms with Gasteiger partial charge in [-0.2, -0.15) is 0 Å². The van der Waals surface area contributed by atoms with Crippen LogP contribution in [0.25, 0.3) is 11.0 Å². The largest absolute Gasteiger partial charge is 0.363 e. The SMILES string of the molecule is O=C1c2ccccc2C(O)(c2ccc3[nH]c(Nc4nccs4)nc3c2)N1c1cccc(Cl)c1F. The van der Waals surface area contributed by atoms with Gasteiger partial charge in [0.2, 0.25) is 5.95 Å². The van der Waals surface area contributed by atoms with Crippen LogP contribution in [0, 0.1) is 5.82 Å². The number of carbonyl (C=O) groups excluding carboxylic acids is 1. The number of aromatic amines is 1. The van der Waals surface area contributed by atoms with Crippen LogP contribution in [0.15, 0.2) is 72.2 Å². The topological polar surface area (TPSA) is 94.1 Å². The summed E-state index contributed by atoms with van der Waals surface area (Å²) in [5, 5.41) is 17.6. The summed E-state index contributed by atoms with van der Waals surface area (Å²) in [4.78, 5) is 26.3. The van der Waals surface area contributed by atoms with E-state index < -0.39 is 17.4 Å². The second kappa shape index (κ2) is 7.63. The van der Waals surface area contributed by atoms with Crippen molar-refractivity contribution in [3.05, 3.63) is 99.8 Å². The molecule has 0 saturated carbocycles. The van der Waals surface area contributed by atoms with E-state index in [2.05, 4.69) is 20.3 Å². The maximum absolute atomic E-state index is 15.1. The normalized spacial score (nSPS) is 17.4. The maximum Gasteiger partial charge on any atom is 0.261 e. The molecule has 34 heavy (non-hydrogen) atoms. The van der Waals surface area contributed by atoms with Crippen molar-refractivity contribution in [1.82, 2.24) is 15.0 Å². The van der Waals surface area contributed by atoms with Gasteiger partial charge in [0.15, 0.2) is 16.7 Å². The fraction of sp³-hybridized carbons (Fsp3) is 0.0417. The summed E-state index contributed by atoms with van der Waals surface area (Å²) in [7, 11) is 0. The average Bonchev–Trinajstić information content (AvgIpc) is 3.55. The standard InChI is InChI=1S/C24H15ClFN5O2S/c25-16-6-3-7-19(20(16)26)31-21(32)14-4-1-2-5-15(14)24(31,33)13-8-9-17-18(12-13)29-22(28-17)30-23-27-10-11-34-23/h1-12,33H,(H2,27,28,29,30). The van der Waals surface area contributed by atoms with Gasteiger partial charge >= 0.3 is 0 Å². The van der Waals surface area contributed by atoms with E-state index in [1.54, 1.807) is 48.7 Å². The van der Waals surface area contributed by atoms with Crippen LogP contribution in [0.5, 0.6) is 0 Å². The average molecular weight is 492 g/mol. The summed E-state index contributed by atoms with van der Waals surface area (Å²) >= 11 is 7.44. The van der Waals surface area contributed by atoms with Crippen molar-refractivity contribution in [2.75, 3.05) is 10.2 Å². The van der Waals surface area contributed by atoms with Gasteiger partial charge in [0.25, 0.3) is 5.91 Å². The van der Waals surface area contributed by atoms with Gasteiger partial charge in [-0.05, 0) is 30.3 Å². The molecule has 0 radical (unpaired) electrons. The number of anilines is 3. The number of hydrogen-bond acceptors (Lipinski definition) is 6. The van der Waals surface area contributed by atoms with Crippen molar-refractivity contribution >= 4 is 56.6 Å². The van der Waals surface area contributed by atoms with E-state index in [1.165, 1.54) is 29.5 Å². The highest BCUT2D eigenvalue weighted by Crippen LogP contribution is 2.46. The third-order valence-electron chi connectivity index (χ3n) is 5.78. The van der Waals surface area contributed by atoms with Crippen LogP contribution in [0.4, 0.5) is 21.2 Å². The van der Waals surface area contributed by atoms with Crippen molar-refractivity contribution in [1.29, 1.82) is 0 Å². The van der Waals surface area contributed by atoms with E-state index in [1.807, 2.05) is 5.38 Å². The van der Waals surface area contributed by atoms with Gasteiger partial charge in [0.05, 0.1) is 21.7 Å². The first kappa shape index (κ1) is 20.8. The number of amides is 1. The van der Waals surface area contributed by atoms with Crippen LogP contribution in [-0.4, -0.2) is 26.0 Å². The van der Waals surface area contributed by atoms with Gasteiger partial charge in [0.1, 0.15) is 0 Å². The number of thiazole rings is 1. The lowest BCUT2D eigenvalue weighted by Crippen LogP contribution is -2.45. The number of hydrogen-bond donors (Lipinski definition) is 3. The van der Waals surface area contributed by atoms with Gasteiger partial charge in [0, 0.05) is 28.3 Å². The molecule has 10 heteroatoms. The molecule has 1 unspecified atom stereocenters. The molecule has 0 saturated heterocycles. The quantitative estimate of drug-likeness (QED) is 0.312. The highest BCUT2D eigenvalue weighted by Gasteiger charge is 2.51. The minimum absolute atomic E-state index is 0.121. The minimum atomic E-state index is -1.98. The molecule has 0 aliphatic carbocycles. The lowest BCUT2D eigenvalue weighted by Gasteiger charge is -2.35. The van der Waals surface area contributed by atoms with Gasteiger partial charge in [-0.1, -0.05) is 41.9 Å². The highest BCUT2D eigenvalue weighted by atomic mass is 35.5. The van der Waals surface area contributed by atoms with Crippen LogP contribution in [0.1, 0.15) is 21.5 Å². The number of carbonyl (C=O) groups is 1. The lowest BCUT2D eigenvalue weighted by atomic mass is 9.93. The monoisotopic (exact) mass is 491 g/mol. The van der Waals surface area contributed by atoms with E-state index in [9.17, 15) is 9.90 Å². The molecule has 6 rings (SSSR count). The number of nitrogens with zero attached hydrogens (tertiary/aromatic N) is 3. The summed E-state index contributed by atoms with van der Waals surface area (Å²) in [6.45, 7) is 0. The fourth-order valence-electron chi connectivity index (χ4n) is 4.26. The minimum Gasteiger partial charge on any atom is -0.363 e. The van der Waals surface area contributed by atoms with Crippen LogP contribution in [0.2, 0.25) is 5.02 Å². The Morgan fingerprint density at radius 1 is 1.15 bits per heavy atom. The summed E-state index contributed by atoms with van der Waals surface area (Å²) < 4.78 is 15.1. The van der Waals surface area contributed by atoms with Crippen LogP contribution in [0.3, 0.4) is 0 Å². The number of fused-ring (bicyclic) bond motifs is 2. The Morgan fingerprint density at radius 3 is 2.82 bits per heavy atom. The number of benzene rings is 3. The third kappa shape index (κ3) is 3.02. The number of aromatic nitrogens is 3. The molecule has 168 valence electrons. The van der Waals surface area contributed by atoms with Gasteiger partial charge in [-0.3, -0.25) is 9.69 Å². The van der Waals surface area contributed by atoms with Crippen LogP contribution < -0.4 is 10.2 Å². The zero-order chi connectivity index (χ0) is 23.4. The molecule has 0 fully saturated rings. The van der Waals surface area contributed by atoms with Crippen LogP contribution in [-0.2, 0) is 5.72 Å². The van der Waals surface area contributed by atoms with E-state index >= 15 is 4.39 Å².